The summed E-state index contributed by atoms with van der Waals surface area (Å²) in [5.74, 6) is 0.277. The van der Waals surface area contributed by atoms with Gasteiger partial charge < -0.3 is 9.80 Å². The molecule has 3 heterocycles. The Morgan fingerprint density at radius 1 is 0.500 bits per heavy atom. The maximum absolute atomic E-state index is 15.3. The van der Waals surface area contributed by atoms with Crippen molar-refractivity contribution in [2.75, 3.05) is 0 Å². The number of rotatable bonds is 6. The van der Waals surface area contributed by atoms with Crippen LogP contribution >= 0.6 is 0 Å². The lowest BCUT2D eigenvalue weighted by atomic mass is 9.82. The summed E-state index contributed by atoms with van der Waals surface area (Å²) in [7, 11) is 0. The fraction of sp³-hybridized carbons (Fsp3) is 0.350. The quantitative estimate of drug-likeness (QED) is 0.234. The molecule has 0 spiro atoms. The molecule has 0 N–H and O–H groups in total. The molecule has 4 aromatic rings. The first-order valence-electron chi connectivity index (χ1n) is 16.3. The first-order chi connectivity index (χ1) is 21.5. The lowest BCUT2D eigenvalue weighted by Gasteiger charge is -2.46. The third-order valence-corrected chi connectivity index (χ3v) is 10.6. The van der Waals surface area contributed by atoms with E-state index in [4.69, 9.17) is 0 Å². The molecule has 44 heavy (non-hydrogen) atoms. The Hall–Kier alpha value is -4.18. The molecule has 0 bridgehead atoms. The summed E-state index contributed by atoms with van der Waals surface area (Å²) < 4.78 is 0. The minimum Gasteiger partial charge on any atom is -0.331 e. The van der Waals surface area contributed by atoms with Crippen LogP contribution in [0.15, 0.2) is 121 Å². The normalized spacial score (nSPS) is 30.0. The van der Waals surface area contributed by atoms with Crippen LogP contribution in [0.5, 0.6) is 0 Å². The van der Waals surface area contributed by atoms with E-state index in [-0.39, 0.29) is 59.7 Å². The average Bonchev–Trinajstić information content (AvgIpc) is 3.59. The summed E-state index contributed by atoms with van der Waals surface area (Å²) in [5, 5.41) is 0. The molecule has 0 unspecified atom stereocenters. The van der Waals surface area contributed by atoms with E-state index < -0.39 is 0 Å². The molecule has 3 saturated heterocycles. The molecule has 0 aromatic heterocycles. The van der Waals surface area contributed by atoms with E-state index in [9.17, 15) is 0 Å². The summed E-state index contributed by atoms with van der Waals surface area (Å²) in [6.45, 7) is 4.53. The van der Waals surface area contributed by atoms with Gasteiger partial charge in [0.15, 0.2) is 0 Å². The van der Waals surface area contributed by atoms with Gasteiger partial charge in [0.25, 0.3) is 0 Å². The smallest absolute Gasteiger partial charge is 0.228 e. The lowest BCUT2D eigenvalue weighted by molar-refractivity contribution is -0.155. The molecule has 8 atom stereocenters. The minimum atomic E-state index is -0.311. The van der Waals surface area contributed by atoms with Crippen LogP contribution in [0.1, 0.15) is 61.0 Å². The second-order valence-corrected chi connectivity index (χ2v) is 13.4. The van der Waals surface area contributed by atoms with Gasteiger partial charge in [-0.05, 0) is 59.8 Å². The van der Waals surface area contributed by atoms with Gasteiger partial charge >= 0.3 is 0 Å². The van der Waals surface area contributed by atoms with Crippen LogP contribution in [-0.4, -0.2) is 33.7 Å². The largest absolute Gasteiger partial charge is 0.331 e. The van der Waals surface area contributed by atoms with Gasteiger partial charge in [-0.3, -0.25) is 9.59 Å². The number of carbonyl (C=O) groups is 2. The Labute approximate surface area is 261 Å². The number of carbonyl (C=O) groups excluding carboxylic acids is 2. The Morgan fingerprint density at radius 2 is 0.818 bits per heavy atom. The van der Waals surface area contributed by atoms with Gasteiger partial charge in [-0.2, -0.15) is 0 Å². The van der Waals surface area contributed by atoms with Crippen molar-refractivity contribution in [2.45, 2.75) is 63.7 Å². The fourth-order valence-corrected chi connectivity index (χ4v) is 8.70. The van der Waals surface area contributed by atoms with Gasteiger partial charge in [0.2, 0.25) is 11.8 Å². The van der Waals surface area contributed by atoms with Crippen LogP contribution in [0, 0.1) is 23.7 Å². The van der Waals surface area contributed by atoms with Crippen molar-refractivity contribution in [2.24, 2.45) is 23.7 Å². The molecular weight excluding hydrogens is 540 g/mol. The lowest BCUT2D eigenvalue weighted by Crippen LogP contribution is -2.58. The van der Waals surface area contributed by atoms with Crippen molar-refractivity contribution in [3.8, 4) is 0 Å². The van der Waals surface area contributed by atoms with Gasteiger partial charge in [0, 0.05) is 12.1 Å². The minimum absolute atomic E-state index is 0.0478. The molecule has 0 saturated carbocycles. The third-order valence-electron chi connectivity index (χ3n) is 10.6. The zero-order valence-electron chi connectivity index (χ0n) is 25.7. The van der Waals surface area contributed by atoms with E-state index in [0.717, 1.165) is 24.0 Å². The van der Waals surface area contributed by atoms with Crippen molar-refractivity contribution >= 4 is 11.8 Å². The molecule has 2 amide bonds. The average molecular weight is 583 g/mol. The first-order valence-corrected chi connectivity index (χ1v) is 16.3. The number of hydrogen-bond donors (Lipinski definition) is 0. The van der Waals surface area contributed by atoms with Gasteiger partial charge in [-0.25, -0.2) is 0 Å². The molecule has 7 rings (SSSR count). The van der Waals surface area contributed by atoms with E-state index in [1.54, 1.807) is 0 Å². The van der Waals surface area contributed by atoms with E-state index in [1.807, 2.05) is 24.3 Å². The predicted molar refractivity (Wildman–Crippen MR) is 174 cm³/mol. The molecule has 3 fully saturated rings. The van der Waals surface area contributed by atoms with Crippen LogP contribution in [0.4, 0.5) is 0 Å². The number of amides is 2. The summed E-state index contributed by atoms with van der Waals surface area (Å²) in [6, 6.07) is 41.4. The summed E-state index contributed by atoms with van der Waals surface area (Å²) in [6.07, 6.45) is 2.89. The maximum Gasteiger partial charge on any atom is 0.228 e. The first kappa shape index (κ1) is 28.6. The predicted octanol–water partition coefficient (Wildman–Crippen LogP) is 7.67. The van der Waals surface area contributed by atoms with Crippen LogP contribution in [-0.2, 0) is 22.4 Å². The van der Waals surface area contributed by atoms with E-state index in [0.29, 0.717) is 12.8 Å². The highest BCUT2D eigenvalue weighted by molar-refractivity contribution is 5.88. The third kappa shape index (κ3) is 5.15. The van der Waals surface area contributed by atoms with Crippen molar-refractivity contribution < 1.29 is 9.59 Å². The standard InChI is InChI=1S/C40H42N2O2/c1-27-23-35-33(25-29-15-7-3-8-16-29)40(44)42-36(24-28(2)38(42)32-21-13-6-14-22-32)34(26-30-17-9-4-10-18-30)39(43)41(35)37(27)31-19-11-5-12-20-31/h3-22,27-28,33-38H,23-26H2,1-2H3/t27-,28-,33-,34-,35+,36+,37+,38+/m1/s1. The summed E-state index contributed by atoms with van der Waals surface area (Å²) in [4.78, 5) is 35.0. The highest BCUT2D eigenvalue weighted by atomic mass is 16.2. The van der Waals surface area contributed by atoms with Crippen molar-refractivity contribution in [1.29, 1.82) is 0 Å². The van der Waals surface area contributed by atoms with Crippen molar-refractivity contribution in [3.05, 3.63) is 144 Å². The van der Waals surface area contributed by atoms with Crippen molar-refractivity contribution in [1.82, 2.24) is 9.80 Å². The fourth-order valence-electron chi connectivity index (χ4n) is 8.70. The molecule has 224 valence electrons. The van der Waals surface area contributed by atoms with E-state index in [2.05, 4.69) is 121 Å². The Bertz CT molecular complexity index is 1450. The Kier molecular flexibility index (Phi) is 7.84. The van der Waals surface area contributed by atoms with Crippen molar-refractivity contribution in [3.63, 3.8) is 0 Å². The number of benzene rings is 4. The number of fused-ring (bicyclic) bond motifs is 2. The zero-order chi connectivity index (χ0) is 30.2. The van der Waals surface area contributed by atoms with Gasteiger partial charge in [0.1, 0.15) is 0 Å². The number of nitrogens with zero attached hydrogens (tertiary/aromatic N) is 2. The number of hydrogen-bond acceptors (Lipinski definition) is 2. The van der Waals surface area contributed by atoms with E-state index >= 15 is 9.59 Å². The Morgan fingerprint density at radius 3 is 1.16 bits per heavy atom. The zero-order valence-corrected chi connectivity index (χ0v) is 25.7. The molecule has 4 aromatic carbocycles. The highest BCUT2D eigenvalue weighted by Crippen LogP contribution is 2.51. The van der Waals surface area contributed by atoms with Gasteiger partial charge in [0.05, 0.1) is 23.9 Å². The monoisotopic (exact) mass is 582 g/mol. The molecular formula is C40H42N2O2. The topological polar surface area (TPSA) is 40.6 Å². The Balaban J connectivity index is 1.39. The molecule has 3 aliphatic heterocycles. The van der Waals surface area contributed by atoms with Crippen LogP contribution < -0.4 is 0 Å². The second-order valence-electron chi connectivity index (χ2n) is 13.4. The summed E-state index contributed by atoms with van der Waals surface area (Å²) in [5.41, 5.74) is 4.63. The van der Waals surface area contributed by atoms with Crippen LogP contribution in [0.25, 0.3) is 0 Å². The molecule has 3 aliphatic rings. The van der Waals surface area contributed by atoms with Gasteiger partial charge in [-0.15, -0.1) is 0 Å². The van der Waals surface area contributed by atoms with E-state index in [1.165, 1.54) is 11.1 Å². The molecule has 4 nitrogen and oxygen atoms in total. The molecule has 4 heteroatoms. The SMILES string of the molecule is C[C@@H]1C[C@H]2[C@@H](Cc3ccccc3)C(=O)N3[C@H](c4ccccc4)[C@H](C)C[C@H]3[C@@H](Cc3ccccc3)C(=O)N2[C@@H]1c1ccccc1. The molecule has 0 aliphatic carbocycles. The van der Waals surface area contributed by atoms with Crippen LogP contribution in [0.2, 0.25) is 0 Å². The molecule has 0 radical (unpaired) electrons. The second kappa shape index (κ2) is 12.1. The van der Waals surface area contributed by atoms with Gasteiger partial charge in [-0.1, -0.05) is 135 Å². The highest BCUT2D eigenvalue weighted by Gasteiger charge is 2.57. The summed E-state index contributed by atoms with van der Waals surface area (Å²) >= 11 is 0. The maximum atomic E-state index is 15.3. The van der Waals surface area contributed by atoms with Crippen LogP contribution in [0.3, 0.4) is 0 Å².